The van der Waals surface area contributed by atoms with Crippen molar-refractivity contribution in [1.82, 2.24) is 14.4 Å². The van der Waals surface area contributed by atoms with E-state index in [0.29, 0.717) is 0 Å². The van der Waals surface area contributed by atoms with Crippen molar-refractivity contribution in [3.05, 3.63) is 53.0 Å². The third-order valence-corrected chi connectivity index (χ3v) is 7.71. The van der Waals surface area contributed by atoms with E-state index in [2.05, 4.69) is 84.1 Å². The summed E-state index contributed by atoms with van der Waals surface area (Å²) in [7, 11) is 0. The fourth-order valence-electron chi connectivity index (χ4n) is 5.83. The Morgan fingerprint density at radius 2 is 1.53 bits per heavy atom. The molecule has 2 unspecified atom stereocenters. The Hall–Kier alpha value is -2.46. The zero-order valence-corrected chi connectivity index (χ0v) is 20.6. The van der Waals surface area contributed by atoms with Gasteiger partial charge in [-0.15, -0.1) is 0 Å². The van der Waals surface area contributed by atoms with Crippen molar-refractivity contribution in [2.75, 3.05) is 0 Å². The van der Waals surface area contributed by atoms with Gasteiger partial charge < -0.3 is 4.74 Å². The predicted molar refractivity (Wildman–Crippen MR) is 130 cm³/mol. The zero-order chi connectivity index (χ0) is 22.8. The molecule has 6 rings (SSSR count). The summed E-state index contributed by atoms with van der Waals surface area (Å²) >= 11 is 0. The van der Waals surface area contributed by atoms with Crippen LogP contribution in [-0.4, -0.2) is 14.4 Å². The number of aromatic nitrogens is 3. The van der Waals surface area contributed by atoms with Crippen LogP contribution in [0.1, 0.15) is 90.7 Å². The van der Waals surface area contributed by atoms with Gasteiger partial charge in [0.2, 0.25) is 0 Å². The maximum absolute atomic E-state index is 6.54. The van der Waals surface area contributed by atoms with Crippen LogP contribution in [0.4, 0.5) is 0 Å². The van der Waals surface area contributed by atoms with E-state index < -0.39 is 0 Å². The minimum atomic E-state index is -0.190. The lowest BCUT2D eigenvalue weighted by molar-refractivity contribution is -0.0661. The Morgan fingerprint density at radius 1 is 0.875 bits per heavy atom. The Labute approximate surface area is 190 Å². The second-order valence-corrected chi connectivity index (χ2v) is 12.4. The first-order chi connectivity index (χ1) is 14.8. The smallest absolute Gasteiger partial charge is 0.147 e. The third kappa shape index (κ3) is 2.53. The van der Waals surface area contributed by atoms with Gasteiger partial charge in [0.1, 0.15) is 5.65 Å². The van der Waals surface area contributed by atoms with Crippen LogP contribution >= 0.6 is 0 Å². The van der Waals surface area contributed by atoms with E-state index >= 15 is 0 Å². The predicted octanol–water partition coefficient (Wildman–Crippen LogP) is 6.89. The van der Waals surface area contributed by atoms with Crippen LogP contribution in [0.2, 0.25) is 0 Å². The van der Waals surface area contributed by atoms with Crippen molar-refractivity contribution in [2.24, 2.45) is 0 Å². The quantitative estimate of drug-likeness (QED) is 0.307. The second kappa shape index (κ2) is 5.72. The minimum Gasteiger partial charge on any atom is -0.360 e. The monoisotopic (exact) mass is 427 g/mol. The molecule has 0 N–H and O–H groups in total. The molecule has 4 nitrogen and oxygen atoms in total. The van der Waals surface area contributed by atoms with Gasteiger partial charge in [-0.25, -0.2) is 4.98 Å². The van der Waals surface area contributed by atoms with Gasteiger partial charge in [-0.3, -0.25) is 9.38 Å². The van der Waals surface area contributed by atoms with Crippen LogP contribution in [0.25, 0.3) is 27.5 Å². The first-order valence-electron chi connectivity index (χ1n) is 11.8. The van der Waals surface area contributed by atoms with E-state index in [9.17, 15) is 0 Å². The molecule has 2 aliphatic heterocycles. The van der Waals surface area contributed by atoms with Gasteiger partial charge in [0.05, 0.1) is 22.2 Å². The molecule has 32 heavy (non-hydrogen) atoms. The van der Waals surface area contributed by atoms with Crippen LogP contribution in [0, 0.1) is 0 Å². The first kappa shape index (κ1) is 20.2. The Bertz CT molecular complexity index is 1450. The number of rotatable bonds is 0. The highest BCUT2D eigenvalue weighted by Crippen LogP contribution is 2.58. The van der Waals surface area contributed by atoms with E-state index in [1.165, 1.54) is 27.7 Å². The van der Waals surface area contributed by atoms with Crippen molar-refractivity contribution in [2.45, 2.75) is 90.3 Å². The molecular weight excluding hydrogens is 394 g/mol. The fourth-order valence-corrected chi connectivity index (χ4v) is 5.83. The molecule has 1 fully saturated rings. The van der Waals surface area contributed by atoms with Crippen molar-refractivity contribution < 1.29 is 4.74 Å². The number of hydrogen-bond donors (Lipinski definition) is 0. The summed E-state index contributed by atoms with van der Waals surface area (Å²) in [5.41, 5.74) is 7.85. The molecule has 2 aliphatic rings. The molecular formula is C28H33N3O. The Kier molecular flexibility index (Phi) is 3.60. The molecule has 0 spiro atoms. The summed E-state index contributed by atoms with van der Waals surface area (Å²) in [6.07, 6.45) is 4.17. The number of ether oxygens (including phenoxy) is 1. The Morgan fingerprint density at radius 3 is 2.16 bits per heavy atom. The molecule has 3 aromatic heterocycles. The van der Waals surface area contributed by atoms with Crippen LogP contribution < -0.4 is 0 Å². The second-order valence-electron chi connectivity index (χ2n) is 12.4. The van der Waals surface area contributed by atoms with E-state index in [0.717, 1.165) is 35.1 Å². The maximum Gasteiger partial charge on any atom is 0.147 e. The highest BCUT2D eigenvalue weighted by atomic mass is 16.5. The van der Waals surface area contributed by atoms with Gasteiger partial charge in [0.25, 0.3) is 0 Å². The topological polar surface area (TPSA) is 39.4 Å². The molecule has 0 saturated carbocycles. The average Bonchev–Trinajstić information content (AvgIpc) is 3.29. The lowest BCUT2D eigenvalue weighted by Crippen LogP contribution is -2.19. The van der Waals surface area contributed by atoms with E-state index in [4.69, 9.17) is 14.7 Å². The molecule has 2 bridgehead atoms. The van der Waals surface area contributed by atoms with E-state index in [1.807, 2.05) is 6.20 Å². The lowest BCUT2D eigenvalue weighted by Gasteiger charge is -2.24. The van der Waals surface area contributed by atoms with Gasteiger partial charge in [-0.05, 0) is 67.5 Å². The number of pyridine rings is 2. The fraction of sp³-hybridized carbons (Fsp3) is 0.500. The van der Waals surface area contributed by atoms with Crippen molar-refractivity contribution in [3.8, 4) is 0 Å². The van der Waals surface area contributed by atoms with E-state index in [-0.39, 0.29) is 22.0 Å². The summed E-state index contributed by atoms with van der Waals surface area (Å²) in [5.74, 6) is 0. The average molecular weight is 428 g/mol. The van der Waals surface area contributed by atoms with Gasteiger partial charge in [-0.1, -0.05) is 41.5 Å². The van der Waals surface area contributed by atoms with Crippen LogP contribution in [0.15, 0.2) is 30.5 Å². The van der Waals surface area contributed by atoms with Crippen molar-refractivity contribution in [1.29, 1.82) is 0 Å². The molecule has 0 amide bonds. The molecule has 2 atom stereocenters. The first-order valence-corrected chi connectivity index (χ1v) is 11.8. The van der Waals surface area contributed by atoms with Crippen LogP contribution in [-0.2, 0) is 26.8 Å². The number of imidazole rings is 1. The molecule has 1 saturated heterocycles. The molecule has 0 aliphatic carbocycles. The van der Waals surface area contributed by atoms with E-state index in [1.54, 1.807) is 0 Å². The van der Waals surface area contributed by atoms with Crippen LogP contribution in [0.5, 0.6) is 0 Å². The highest BCUT2D eigenvalue weighted by Gasteiger charge is 2.54. The van der Waals surface area contributed by atoms with Crippen molar-refractivity contribution >= 4 is 27.5 Å². The lowest BCUT2D eigenvalue weighted by atomic mass is 9.78. The van der Waals surface area contributed by atoms with Gasteiger partial charge >= 0.3 is 0 Å². The maximum atomic E-state index is 6.54. The SMILES string of the molecule is CC(C)(C)c1cc2cc(C(C)(C)C)n3c4cc5c(cc4nc3c2cn1)C1(C)CCC5(C)O1. The van der Waals surface area contributed by atoms with Gasteiger partial charge in [-0.2, -0.15) is 0 Å². The summed E-state index contributed by atoms with van der Waals surface area (Å²) in [4.78, 5) is 10.0. The standard InChI is InChI=1S/C28H33N3O/c1-25(2,3)22-11-16-12-23(26(4,5)6)31-21-14-19-18(27(7)9-10-28(19,8)32-27)13-20(21)30-24(31)17(16)15-29-22/h11-15H,9-10H2,1-8H3. The number of nitrogens with zero attached hydrogens (tertiary/aromatic N) is 3. The molecule has 1 aromatic carbocycles. The summed E-state index contributed by atoms with van der Waals surface area (Å²) in [6.45, 7) is 18.0. The normalized spacial score (nSPS) is 25.4. The number of benzene rings is 1. The number of fused-ring (bicyclic) bond motifs is 10. The molecule has 4 aromatic rings. The zero-order valence-electron chi connectivity index (χ0n) is 20.6. The minimum absolute atomic E-state index is 0.00726. The van der Waals surface area contributed by atoms with Gasteiger partial charge in [0.15, 0.2) is 0 Å². The largest absolute Gasteiger partial charge is 0.360 e. The third-order valence-electron chi connectivity index (χ3n) is 7.71. The molecule has 0 radical (unpaired) electrons. The summed E-state index contributed by atoms with van der Waals surface area (Å²) in [6, 6.07) is 9.24. The van der Waals surface area contributed by atoms with Gasteiger partial charge in [0, 0.05) is 33.8 Å². The summed E-state index contributed by atoms with van der Waals surface area (Å²) < 4.78 is 8.91. The van der Waals surface area contributed by atoms with Crippen LogP contribution in [0.3, 0.4) is 0 Å². The molecule has 4 heteroatoms. The molecule has 166 valence electrons. The number of hydrogen-bond acceptors (Lipinski definition) is 3. The highest BCUT2D eigenvalue weighted by molar-refractivity contribution is 5.99. The summed E-state index contributed by atoms with van der Waals surface area (Å²) in [5, 5.41) is 2.33. The Balaban J connectivity index is 1.75. The van der Waals surface area contributed by atoms with Crippen molar-refractivity contribution in [3.63, 3.8) is 0 Å². The molecule has 5 heterocycles.